The lowest BCUT2D eigenvalue weighted by atomic mass is 10.0. The Morgan fingerprint density at radius 2 is 2.06 bits per heavy atom. The summed E-state index contributed by atoms with van der Waals surface area (Å²) in [4.78, 5) is 13.6. The topological polar surface area (TPSA) is 29.5 Å². The molecule has 92 valence electrons. The van der Waals surface area contributed by atoms with Gasteiger partial charge in [-0.05, 0) is 33.3 Å². The minimum absolute atomic E-state index is 0.0873. The zero-order valence-corrected chi connectivity index (χ0v) is 10.8. The van der Waals surface area contributed by atoms with Crippen LogP contribution in [0.4, 0.5) is 4.79 Å². The summed E-state index contributed by atoms with van der Waals surface area (Å²) in [5.74, 6) is 0. The number of rotatable bonds is 2. The van der Waals surface area contributed by atoms with Gasteiger partial charge in [-0.2, -0.15) is 0 Å². The quantitative estimate of drug-likeness (QED) is 0.784. The molecule has 1 aromatic carbocycles. The zero-order valence-electron chi connectivity index (χ0n) is 10.8. The van der Waals surface area contributed by atoms with Crippen molar-refractivity contribution in [3.05, 3.63) is 35.4 Å². The molecule has 1 aromatic rings. The van der Waals surface area contributed by atoms with E-state index in [0.29, 0.717) is 0 Å². The zero-order chi connectivity index (χ0) is 12.6. The van der Waals surface area contributed by atoms with Gasteiger partial charge < -0.3 is 4.74 Å². The van der Waals surface area contributed by atoms with Gasteiger partial charge in [0.25, 0.3) is 0 Å². The van der Waals surface area contributed by atoms with Gasteiger partial charge >= 0.3 is 6.09 Å². The number of nitrogens with zero attached hydrogens (tertiary/aromatic N) is 1. The maximum atomic E-state index is 11.8. The molecule has 2 atom stereocenters. The number of amides is 1. The molecule has 1 aliphatic heterocycles. The smallest absolute Gasteiger partial charge is 0.411 e. The van der Waals surface area contributed by atoms with E-state index in [1.54, 1.807) is 4.90 Å². The van der Waals surface area contributed by atoms with Crippen LogP contribution in [0.2, 0.25) is 0 Å². The predicted molar refractivity (Wildman–Crippen MR) is 66.8 cm³/mol. The highest BCUT2D eigenvalue weighted by molar-refractivity contribution is 5.71. The van der Waals surface area contributed by atoms with Gasteiger partial charge in [0.05, 0.1) is 6.04 Å². The second-order valence-electron chi connectivity index (χ2n) is 4.96. The van der Waals surface area contributed by atoms with Crippen LogP contribution < -0.4 is 0 Å². The Hall–Kier alpha value is -1.51. The summed E-state index contributed by atoms with van der Waals surface area (Å²) < 4.78 is 5.48. The van der Waals surface area contributed by atoms with E-state index in [4.69, 9.17) is 4.74 Å². The van der Waals surface area contributed by atoms with Crippen LogP contribution in [0.1, 0.15) is 38.0 Å². The Bertz CT molecular complexity index is 428. The lowest BCUT2D eigenvalue weighted by Gasteiger charge is -2.24. The molecular formula is C14H19NO2. The van der Waals surface area contributed by atoms with Gasteiger partial charge in [0.1, 0.15) is 6.10 Å². The van der Waals surface area contributed by atoms with Crippen LogP contribution in [-0.2, 0) is 4.74 Å². The van der Waals surface area contributed by atoms with E-state index in [0.717, 1.165) is 5.56 Å². The maximum Gasteiger partial charge on any atom is 0.411 e. The summed E-state index contributed by atoms with van der Waals surface area (Å²) in [7, 11) is 0. The molecule has 1 heterocycles. The van der Waals surface area contributed by atoms with E-state index in [1.165, 1.54) is 5.56 Å². The van der Waals surface area contributed by atoms with Crippen LogP contribution in [0, 0.1) is 6.92 Å². The average Bonchev–Trinajstić information content (AvgIpc) is 2.54. The number of carbonyl (C=O) groups is 1. The minimum Gasteiger partial charge on any atom is -0.439 e. The van der Waals surface area contributed by atoms with Gasteiger partial charge in [-0.3, -0.25) is 4.90 Å². The van der Waals surface area contributed by atoms with Gasteiger partial charge in [0.15, 0.2) is 0 Å². The second kappa shape index (κ2) is 4.40. The second-order valence-corrected chi connectivity index (χ2v) is 4.96. The molecule has 0 aromatic heterocycles. The number of ether oxygens (including phenoxy) is 1. The van der Waals surface area contributed by atoms with Crippen molar-refractivity contribution in [2.75, 3.05) is 0 Å². The first-order chi connectivity index (χ1) is 8.00. The highest BCUT2D eigenvalue weighted by atomic mass is 16.6. The molecule has 0 radical (unpaired) electrons. The summed E-state index contributed by atoms with van der Waals surface area (Å²) in [6.07, 6.45) is -0.358. The first-order valence-electron chi connectivity index (χ1n) is 6.06. The molecule has 17 heavy (non-hydrogen) atoms. The molecule has 2 rings (SSSR count). The van der Waals surface area contributed by atoms with Crippen molar-refractivity contribution in [2.24, 2.45) is 0 Å². The van der Waals surface area contributed by atoms with Crippen LogP contribution in [0.5, 0.6) is 0 Å². The Balaban J connectivity index is 2.27. The van der Waals surface area contributed by atoms with Crippen LogP contribution in [-0.4, -0.2) is 23.1 Å². The third-order valence-corrected chi connectivity index (χ3v) is 3.24. The molecule has 1 amide bonds. The van der Waals surface area contributed by atoms with Gasteiger partial charge in [-0.1, -0.05) is 29.8 Å². The van der Waals surface area contributed by atoms with Crippen molar-refractivity contribution in [2.45, 2.75) is 45.9 Å². The number of hydrogen-bond acceptors (Lipinski definition) is 2. The Kier molecular flexibility index (Phi) is 3.09. The van der Waals surface area contributed by atoms with E-state index in [-0.39, 0.29) is 24.3 Å². The van der Waals surface area contributed by atoms with Crippen molar-refractivity contribution >= 4 is 6.09 Å². The van der Waals surface area contributed by atoms with Crippen LogP contribution in [0.25, 0.3) is 0 Å². The monoisotopic (exact) mass is 233 g/mol. The number of hydrogen-bond donors (Lipinski definition) is 0. The van der Waals surface area contributed by atoms with E-state index in [9.17, 15) is 4.79 Å². The number of aryl methyl sites for hydroxylation is 1. The summed E-state index contributed by atoms with van der Waals surface area (Å²) >= 11 is 0. The lowest BCUT2D eigenvalue weighted by molar-refractivity contribution is 0.129. The Labute approximate surface area is 102 Å². The van der Waals surface area contributed by atoms with Gasteiger partial charge in [0, 0.05) is 6.04 Å². The first-order valence-corrected chi connectivity index (χ1v) is 6.06. The van der Waals surface area contributed by atoms with Crippen molar-refractivity contribution in [3.8, 4) is 0 Å². The first kappa shape index (κ1) is 12.0. The van der Waals surface area contributed by atoms with Gasteiger partial charge in [-0.25, -0.2) is 4.79 Å². The molecule has 1 fully saturated rings. The summed E-state index contributed by atoms with van der Waals surface area (Å²) in [5.41, 5.74) is 2.27. The highest BCUT2D eigenvalue weighted by Gasteiger charge is 2.40. The largest absolute Gasteiger partial charge is 0.439 e. The molecule has 2 unspecified atom stereocenters. The van der Waals surface area contributed by atoms with Gasteiger partial charge in [-0.15, -0.1) is 0 Å². The molecule has 1 aliphatic rings. The van der Waals surface area contributed by atoms with E-state index in [1.807, 2.05) is 45.9 Å². The van der Waals surface area contributed by atoms with Gasteiger partial charge in [0.2, 0.25) is 0 Å². The molecule has 0 bridgehead atoms. The fraction of sp³-hybridized carbons (Fsp3) is 0.500. The summed E-state index contributed by atoms with van der Waals surface area (Å²) in [6, 6.07) is 8.41. The summed E-state index contributed by atoms with van der Waals surface area (Å²) in [6.45, 7) is 8.11. The van der Waals surface area contributed by atoms with E-state index >= 15 is 0 Å². The van der Waals surface area contributed by atoms with E-state index < -0.39 is 0 Å². The van der Waals surface area contributed by atoms with Crippen LogP contribution >= 0.6 is 0 Å². The van der Waals surface area contributed by atoms with Crippen molar-refractivity contribution in [1.29, 1.82) is 0 Å². The van der Waals surface area contributed by atoms with Crippen molar-refractivity contribution in [3.63, 3.8) is 0 Å². The molecule has 0 N–H and O–H groups in total. The lowest BCUT2D eigenvalue weighted by Crippen LogP contribution is -2.37. The van der Waals surface area contributed by atoms with Crippen molar-refractivity contribution in [1.82, 2.24) is 4.90 Å². The van der Waals surface area contributed by atoms with E-state index in [2.05, 4.69) is 6.07 Å². The number of cyclic esters (lactones) is 1. The number of carbonyl (C=O) groups excluding carboxylic acids is 1. The van der Waals surface area contributed by atoms with Crippen LogP contribution in [0.3, 0.4) is 0 Å². The SMILES string of the molecule is Cc1cccc(C2OC(=O)N(C(C)C)C2C)c1. The molecule has 0 aliphatic carbocycles. The Morgan fingerprint density at radius 3 is 2.59 bits per heavy atom. The molecule has 1 saturated heterocycles. The van der Waals surface area contributed by atoms with Crippen molar-refractivity contribution < 1.29 is 9.53 Å². The highest BCUT2D eigenvalue weighted by Crippen LogP contribution is 2.33. The molecule has 0 saturated carbocycles. The Morgan fingerprint density at radius 1 is 1.35 bits per heavy atom. The molecule has 3 nitrogen and oxygen atoms in total. The normalized spacial score (nSPS) is 24.3. The fourth-order valence-electron chi connectivity index (χ4n) is 2.45. The summed E-state index contributed by atoms with van der Waals surface area (Å²) in [5, 5.41) is 0. The minimum atomic E-state index is -0.209. The molecule has 3 heteroatoms. The number of benzene rings is 1. The maximum absolute atomic E-state index is 11.8. The average molecular weight is 233 g/mol. The fourth-order valence-corrected chi connectivity index (χ4v) is 2.45. The third-order valence-electron chi connectivity index (χ3n) is 3.24. The third kappa shape index (κ3) is 2.14. The molecule has 0 spiro atoms. The molecular weight excluding hydrogens is 214 g/mol. The standard InChI is InChI=1S/C14H19NO2/c1-9(2)15-11(4)13(17-14(15)16)12-7-5-6-10(3)8-12/h5-9,11,13H,1-4H3. The van der Waals surface area contributed by atoms with Crippen LogP contribution in [0.15, 0.2) is 24.3 Å². The predicted octanol–water partition coefficient (Wildman–Crippen LogP) is 3.29.